The Hall–Kier alpha value is -1.83. The van der Waals surface area contributed by atoms with E-state index in [0.29, 0.717) is 6.42 Å². The number of esters is 1. The molecule has 1 aliphatic carbocycles. The third kappa shape index (κ3) is 1.69. The summed E-state index contributed by atoms with van der Waals surface area (Å²) in [6.45, 7) is 4.24. The van der Waals surface area contributed by atoms with E-state index >= 15 is 0 Å². The Labute approximate surface area is 107 Å². The first-order valence-corrected chi connectivity index (χ1v) is 6.33. The van der Waals surface area contributed by atoms with E-state index in [0.717, 1.165) is 6.42 Å². The molecule has 1 heterocycles. The number of carbonyl (C=O) groups excluding carboxylic acids is 1. The molecule has 18 heavy (non-hydrogen) atoms. The van der Waals surface area contributed by atoms with Crippen molar-refractivity contribution in [2.24, 2.45) is 0 Å². The fourth-order valence-corrected chi connectivity index (χ4v) is 2.77. The summed E-state index contributed by atoms with van der Waals surface area (Å²) in [5, 5.41) is 0. The summed E-state index contributed by atoms with van der Waals surface area (Å²) < 4.78 is 5.46. The van der Waals surface area contributed by atoms with Gasteiger partial charge in [0.15, 0.2) is 0 Å². The van der Waals surface area contributed by atoms with Crippen LogP contribution in [0.25, 0.3) is 11.6 Å². The standard InChI is InChI=1S/C16H16O2/c1-10-6-7-11(2)16-12(10)4-3-5-14-13(16)8-9-15(17)18-14/h3-4,6-8,14H,5,9H2,1-2H3. The number of hydrogen-bond donors (Lipinski definition) is 0. The lowest BCUT2D eigenvalue weighted by molar-refractivity contribution is -0.146. The van der Waals surface area contributed by atoms with Gasteiger partial charge in [0, 0.05) is 6.42 Å². The van der Waals surface area contributed by atoms with Gasteiger partial charge in [0.1, 0.15) is 6.10 Å². The molecule has 1 atom stereocenters. The monoisotopic (exact) mass is 240 g/mol. The van der Waals surface area contributed by atoms with Crippen molar-refractivity contribution < 1.29 is 9.53 Å². The van der Waals surface area contributed by atoms with Gasteiger partial charge in [-0.3, -0.25) is 4.79 Å². The van der Waals surface area contributed by atoms with Gasteiger partial charge in [-0.1, -0.05) is 30.4 Å². The third-order valence-electron chi connectivity index (χ3n) is 3.70. The number of hydrogen-bond acceptors (Lipinski definition) is 2. The van der Waals surface area contributed by atoms with Crippen LogP contribution in [0.4, 0.5) is 0 Å². The van der Waals surface area contributed by atoms with Crippen LogP contribution < -0.4 is 0 Å². The SMILES string of the molecule is Cc1ccc(C)c2c1C=CCC1OC(=O)CC=C21. The highest BCUT2D eigenvalue weighted by atomic mass is 16.5. The van der Waals surface area contributed by atoms with Crippen LogP contribution in [0.2, 0.25) is 0 Å². The fraction of sp³-hybridized carbons (Fsp3) is 0.312. The zero-order valence-electron chi connectivity index (χ0n) is 10.7. The van der Waals surface area contributed by atoms with Crippen LogP contribution in [0.3, 0.4) is 0 Å². The van der Waals surface area contributed by atoms with Gasteiger partial charge in [0.25, 0.3) is 0 Å². The normalized spacial score (nSPS) is 21.6. The minimum Gasteiger partial charge on any atom is -0.457 e. The number of rotatable bonds is 0. The van der Waals surface area contributed by atoms with Crippen molar-refractivity contribution >= 4 is 17.6 Å². The van der Waals surface area contributed by atoms with E-state index in [4.69, 9.17) is 4.74 Å². The molecule has 0 aromatic heterocycles. The summed E-state index contributed by atoms with van der Waals surface area (Å²) in [6.07, 6.45) is 7.35. The predicted molar refractivity (Wildman–Crippen MR) is 72.0 cm³/mol. The molecule has 1 unspecified atom stereocenters. The molecule has 0 saturated carbocycles. The quantitative estimate of drug-likeness (QED) is 0.649. The van der Waals surface area contributed by atoms with Crippen molar-refractivity contribution in [2.75, 3.05) is 0 Å². The van der Waals surface area contributed by atoms with E-state index in [9.17, 15) is 4.79 Å². The van der Waals surface area contributed by atoms with Crippen molar-refractivity contribution in [3.63, 3.8) is 0 Å². The Balaban J connectivity index is 2.24. The molecular formula is C16H16O2. The maximum Gasteiger partial charge on any atom is 0.310 e. The highest BCUT2D eigenvalue weighted by molar-refractivity contribution is 5.87. The maximum atomic E-state index is 11.4. The van der Waals surface area contributed by atoms with Crippen LogP contribution in [0.15, 0.2) is 24.3 Å². The summed E-state index contributed by atoms with van der Waals surface area (Å²) in [6, 6.07) is 4.29. The molecule has 1 aromatic rings. The highest BCUT2D eigenvalue weighted by Gasteiger charge is 2.27. The van der Waals surface area contributed by atoms with Crippen LogP contribution in [-0.2, 0) is 9.53 Å². The molecule has 92 valence electrons. The first-order valence-electron chi connectivity index (χ1n) is 6.33. The minimum absolute atomic E-state index is 0.107. The van der Waals surface area contributed by atoms with Crippen molar-refractivity contribution in [3.05, 3.63) is 46.5 Å². The molecule has 2 nitrogen and oxygen atoms in total. The van der Waals surface area contributed by atoms with Gasteiger partial charge in [-0.2, -0.15) is 0 Å². The lowest BCUT2D eigenvalue weighted by Gasteiger charge is -2.25. The summed E-state index contributed by atoms with van der Waals surface area (Å²) >= 11 is 0. The van der Waals surface area contributed by atoms with E-state index < -0.39 is 0 Å². The second-order valence-electron chi connectivity index (χ2n) is 4.97. The molecule has 0 fully saturated rings. The lowest BCUT2D eigenvalue weighted by atomic mass is 9.89. The Morgan fingerprint density at radius 3 is 2.83 bits per heavy atom. The topological polar surface area (TPSA) is 26.3 Å². The second-order valence-corrected chi connectivity index (χ2v) is 4.97. The Morgan fingerprint density at radius 2 is 2.00 bits per heavy atom. The van der Waals surface area contributed by atoms with Crippen LogP contribution >= 0.6 is 0 Å². The molecule has 0 spiro atoms. The Bertz CT molecular complexity index is 579. The predicted octanol–water partition coefficient (Wildman–Crippen LogP) is 3.42. The van der Waals surface area contributed by atoms with Crippen LogP contribution in [0, 0.1) is 13.8 Å². The third-order valence-corrected chi connectivity index (χ3v) is 3.70. The first kappa shape index (κ1) is 11.3. The molecule has 0 N–H and O–H groups in total. The van der Waals surface area contributed by atoms with E-state index in [1.807, 2.05) is 6.08 Å². The van der Waals surface area contributed by atoms with Crippen molar-refractivity contribution in [2.45, 2.75) is 32.8 Å². The molecule has 0 bridgehead atoms. The van der Waals surface area contributed by atoms with Crippen LogP contribution in [0.1, 0.15) is 35.1 Å². The molecule has 2 aliphatic rings. The number of fused-ring (bicyclic) bond motifs is 3. The summed E-state index contributed by atoms with van der Waals surface area (Å²) in [5.74, 6) is -0.120. The zero-order valence-corrected chi connectivity index (χ0v) is 10.7. The van der Waals surface area contributed by atoms with Gasteiger partial charge in [-0.05, 0) is 41.7 Å². The number of ether oxygens (including phenoxy) is 1. The largest absolute Gasteiger partial charge is 0.457 e. The van der Waals surface area contributed by atoms with Gasteiger partial charge in [0.05, 0.1) is 6.42 Å². The Morgan fingerprint density at radius 1 is 1.22 bits per heavy atom. The zero-order chi connectivity index (χ0) is 12.7. The van der Waals surface area contributed by atoms with Crippen molar-refractivity contribution in [1.29, 1.82) is 0 Å². The first-order chi connectivity index (χ1) is 8.66. The van der Waals surface area contributed by atoms with E-state index in [-0.39, 0.29) is 12.1 Å². The van der Waals surface area contributed by atoms with E-state index in [1.165, 1.54) is 27.8 Å². The number of aryl methyl sites for hydroxylation is 2. The number of benzene rings is 1. The van der Waals surface area contributed by atoms with Crippen molar-refractivity contribution in [3.8, 4) is 0 Å². The summed E-state index contributed by atoms with van der Waals surface area (Å²) in [4.78, 5) is 11.4. The van der Waals surface area contributed by atoms with E-state index in [2.05, 4.69) is 38.1 Å². The van der Waals surface area contributed by atoms with Gasteiger partial charge in [-0.25, -0.2) is 0 Å². The number of carbonyl (C=O) groups is 1. The van der Waals surface area contributed by atoms with Crippen LogP contribution in [-0.4, -0.2) is 12.1 Å². The molecule has 2 heteroatoms. The lowest BCUT2D eigenvalue weighted by Crippen LogP contribution is -2.23. The Kier molecular flexibility index (Phi) is 2.58. The minimum atomic E-state index is -0.120. The molecule has 0 radical (unpaired) electrons. The molecule has 1 aromatic carbocycles. The van der Waals surface area contributed by atoms with Gasteiger partial charge in [0.2, 0.25) is 0 Å². The van der Waals surface area contributed by atoms with Gasteiger partial charge in [-0.15, -0.1) is 0 Å². The van der Waals surface area contributed by atoms with Gasteiger partial charge >= 0.3 is 5.97 Å². The molecule has 3 rings (SSSR count). The average Bonchev–Trinajstić information content (AvgIpc) is 2.53. The molecule has 1 aliphatic heterocycles. The summed E-state index contributed by atoms with van der Waals surface area (Å²) in [5.41, 5.74) is 6.21. The molecular weight excluding hydrogens is 224 g/mol. The average molecular weight is 240 g/mol. The smallest absolute Gasteiger partial charge is 0.310 e. The van der Waals surface area contributed by atoms with Crippen LogP contribution in [0.5, 0.6) is 0 Å². The summed E-state index contributed by atoms with van der Waals surface area (Å²) in [7, 11) is 0. The maximum absolute atomic E-state index is 11.4. The fourth-order valence-electron chi connectivity index (χ4n) is 2.77. The van der Waals surface area contributed by atoms with E-state index in [1.54, 1.807) is 0 Å². The highest BCUT2D eigenvalue weighted by Crippen LogP contribution is 2.36. The second kappa shape index (κ2) is 4.13. The molecule has 0 saturated heterocycles. The van der Waals surface area contributed by atoms with Gasteiger partial charge < -0.3 is 4.74 Å². The van der Waals surface area contributed by atoms with Crippen molar-refractivity contribution in [1.82, 2.24) is 0 Å². The molecule has 0 amide bonds.